The maximum absolute atomic E-state index is 11.9. The summed E-state index contributed by atoms with van der Waals surface area (Å²) in [5, 5.41) is 12.0. The lowest BCUT2D eigenvalue weighted by Crippen LogP contribution is -2.30. The van der Waals surface area contributed by atoms with Gasteiger partial charge in [-0.15, -0.1) is 0 Å². The van der Waals surface area contributed by atoms with Gasteiger partial charge < -0.3 is 15.2 Å². The molecule has 0 unspecified atom stereocenters. The van der Waals surface area contributed by atoms with Crippen LogP contribution < -0.4 is 10.1 Å². The molecule has 0 saturated heterocycles. The van der Waals surface area contributed by atoms with Crippen LogP contribution in [0, 0.1) is 5.41 Å². The predicted molar refractivity (Wildman–Crippen MR) is 85.4 cm³/mol. The number of rotatable bonds is 8. The number of nitrogens with one attached hydrogen (secondary N) is 1. The summed E-state index contributed by atoms with van der Waals surface area (Å²) >= 11 is 3.45. The second-order valence-electron chi connectivity index (χ2n) is 5.72. The first-order chi connectivity index (χ1) is 10.1. The number of hydrogen-bond acceptors (Lipinski definition) is 3. The standard InChI is InChI=1S/C16H22BrNO3/c1-21-14-4-2-12(10-13(14)17)3-5-15(20)18-11-16(6-7-16)8-9-19/h2,4,10,19H,3,5-9,11H2,1H3,(H,18,20). The predicted octanol–water partition coefficient (Wildman–Crippen LogP) is 2.67. The summed E-state index contributed by atoms with van der Waals surface area (Å²) in [4.78, 5) is 11.9. The monoisotopic (exact) mass is 355 g/mol. The second kappa shape index (κ2) is 7.27. The molecule has 1 fully saturated rings. The molecule has 1 aromatic carbocycles. The van der Waals surface area contributed by atoms with Crippen LogP contribution >= 0.6 is 15.9 Å². The number of halogens is 1. The SMILES string of the molecule is COc1ccc(CCC(=O)NCC2(CCO)CC2)cc1Br. The van der Waals surface area contributed by atoms with Crippen molar-refractivity contribution < 1.29 is 14.6 Å². The Morgan fingerprint density at radius 1 is 1.48 bits per heavy atom. The molecule has 5 heteroatoms. The molecule has 2 rings (SSSR count). The highest BCUT2D eigenvalue weighted by molar-refractivity contribution is 9.10. The summed E-state index contributed by atoms with van der Waals surface area (Å²) in [7, 11) is 1.63. The first kappa shape index (κ1) is 16.3. The van der Waals surface area contributed by atoms with E-state index in [9.17, 15) is 4.79 Å². The van der Waals surface area contributed by atoms with Crippen molar-refractivity contribution in [2.24, 2.45) is 5.41 Å². The van der Waals surface area contributed by atoms with Crippen LogP contribution in [0.4, 0.5) is 0 Å². The first-order valence-corrected chi connectivity index (χ1v) is 8.08. The number of carbonyl (C=O) groups excluding carboxylic acids is 1. The van der Waals surface area contributed by atoms with Gasteiger partial charge in [0.05, 0.1) is 11.6 Å². The van der Waals surface area contributed by atoms with E-state index in [2.05, 4.69) is 21.2 Å². The lowest BCUT2D eigenvalue weighted by molar-refractivity contribution is -0.121. The van der Waals surface area contributed by atoms with E-state index < -0.39 is 0 Å². The normalized spacial score (nSPS) is 15.6. The quantitative estimate of drug-likeness (QED) is 0.753. The Morgan fingerprint density at radius 3 is 2.81 bits per heavy atom. The van der Waals surface area contributed by atoms with Gasteiger partial charge >= 0.3 is 0 Å². The zero-order valence-electron chi connectivity index (χ0n) is 12.3. The Hall–Kier alpha value is -1.07. The molecule has 0 atom stereocenters. The van der Waals surface area contributed by atoms with Gasteiger partial charge in [0.25, 0.3) is 0 Å². The maximum Gasteiger partial charge on any atom is 0.220 e. The van der Waals surface area contributed by atoms with E-state index in [4.69, 9.17) is 9.84 Å². The van der Waals surface area contributed by atoms with Gasteiger partial charge in [0.1, 0.15) is 5.75 Å². The Morgan fingerprint density at radius 2 is 2.24 bits per heavy atom. The fraction of sp³-hybridized carbons (Fsp3) is 0.562. The van der Waals surface area contributed by atoms with E-state index in [-0.39, 0.29) is 17.9 Å². The van der Waals surface area contributed by atoms with Crippen molar-refractivity contribution in [2.45, 2.75) is 32.1 Å². The van der Waals surface area contributed by atoms with Crippen LogP contribution in [-0.2, 0) is 11.2 Å². The largest absolute Gasteiger partial charge is 0.496 e. The van der Waals surface area contributed by atoms with Gasteiger partial charge in [-0.05, 0) is 64.7 Å². The average Bonchev–Trinajstić information content (AvgIpc) is 3.24. The minimum absolute atomic E-state index is 0.0751. The minimum atomic E-state index is 0.0751. The van der Waals surface area contributed by atoms with E-state index in [0.717, 1.165) is 35.0 Å². The molecule has 0 bridgehead atoms. The van der Waals surface area contributed by atoms with Crippen LogP contribution in [0.25, 0.3) is 0 Å². The third-order valence-corrected chi connectivity index (χ3v) is 4.74. The van der Waals surface area contributed by atoms with Crippen LogP contribution in [0.5, 0.6) is 5.75 Å². The van der Waals surface area contributed by atoms with Gasteiger partial charge in [-0.2, -0.15) is 0 Å². The van der Waals surface area contributed by atoms with E-state index in [0.29, 0.717) is 19.4 Å². The molecule has 21 heavy (non-hydrogen) atoms. The smallest absolute Gasteiger partial charge is 0.220 e. The topological polar surface area (TPSA) is 58.6 Å². The van der Waals surface area contributed by atoms with E-state index >= 15 is 0 Å². The van der Waals surface area contributed by atoms with Gasteiger partial charge in [0.2, 0.25) is 5.91 Å². The lowest BCUT2D eigenvalue weighted by Gasteiger charge is -2.14. The van der Waals surface area contributed by atoms with Crippen molar-refractivity contribution in [2.75, 3.05) is 20.3 Å². The molecule has 1 saturated carbocycles. The molecule has 0 heterocycles. The summed E-state index contributed by atoms with van der Waals surface area (Å²) in [5.74, 6) is 0.869. The summed E-state index contributed by atoms with van der Waals surface area (Å²) in [6, 6.07) is 5.86. The number of benzene rings is 1. The Kier molecular flexibility index (Phi) is 5.65. The van der Waals surface area contributed by atoms with Crippen LogP contribution in [0.15, 0.2) is 22.7 Å². The van der Waals surface area contributed by atoms with Crippen LogP contribution in [0.3, 0.4) is 0 Å². The fourth-order valence-corrected chi connectivity index (χ4v) is 3.01. The number of aliphatic hydroxyl groups is 1. The molecular weight excluding hydrogens is 334 g/mol. The number of aliphatic hydroxyl groups excluding tert-OH is 1. The highest BCUT2D eigenvalue weighted by Crippen LogP contribution is 2.47. The number of methoxy groups -OCH3 is 1. The van der Waals surface area contributed by atoms with Gasteiger partial charge in [0, 0.05) is 19.6 Å². The number of aryl methyl sites for hydroxylation is 1. The molecule has 0 aromatic heterocycles. The Balaban J connectivity index is 1.75. The summed E-state index contributed by atoms with van der Waals surface area (Å²) in [6.45, 7) is 0.897. The number of amides is 1. The molecule has 0 spiro atoms. The third kappa shape index (κ3) is 4.71. The first-order valence-electron chi connectivity index (χ1n) is 7.28. The third-order valence-electron chi connectivity index (χ3n) is 4.12. The van der Waals surface area contributed by atoms with Crippen molar-refractivity contribution in [3.8, 4) is 5.75 Å². The molecule has 4 nitrogen and oxygen atoms in total. The number of ether oxygens (including phenoxy) is 1. The molecule has 0 radical (unpaired) electrons. The average molecular weight is 356 g/mol. The van der Waals surface area contributed by atoms with E-state index in [1.807, 2.05) is 18.2 Å². The molecule has 116 valence electrons. The molecule has 1 aromatic rings. The summed E-state index contributed by atoms with van der Waals surface area (Å²) < 4.78 is 6.09. The van der Waals surface area contributed by atoms with E-state index in [1.165, 1.54) is 0 Å². The number of hydrogen-bond donors (Lipinski definition) is 2. The van der Waals surface area contributed by atoms with E-state index in [1.54, 1.807) is 7.11 Å². The molecular formula is C16H22BrNO3. The summed E-state index contributed by atoms with van der Waals surface area (Å²) in [6.07, 6.45) is 4.20. The Labute approximate surface area is 134 Å². The van der Waals surface area contributed by atoms with Gasteiger partial charge in [-0.25, -0.2) is 0 Å². The molecule has 1 aliphatic rings. The fourth-order valence-electron chi connectivity index (χ4n) is 2.43. The second-order valence-corrected chi connectivity index (χ2v) is 6.57. The minimum Gasteiger partial charge on any atom is -0.496 e. The van der Waals surface area contributed by atoms with Crippen molar-refractivity contribution in [3.63, 3.8) is 0 Å². The summed E-state index contributed by atoms with van der Waals surface area (Å²) in [5.41, 5.74) is 1.28. The van der Waals surface area contributed by atoms with Crippen LogP contribution in [-0.4, -0.2) is 31.3 Å². The maximum atomic E-state index is 11.9. The molecule has 0 aliphatic heterocycles. The van der Waals surface area contributed by atoms with Crippen LogP contribution in [0.2, 0.25) is 0 Å². The van der Waals surface area contributed by atoms with Crippen molar-refractivity contribution >= 4 is 21.8 Å². The lowest BCUT2D eigenvalue weighted by atomic mass is 10.0. The number of carbonyl (C=O) groups is 1. The zero-order chi connectivity index (χ0) is 15.3. The van der Waals surface area contributed by atoms with Crippen LogP contribution in [0.1, 0.15) is 31.2 Å². The van der Waals surface area contributed by atoms with Gasteiger partial charge in [-0.3, -0.25) is 4.79 Å². The van der Waals surface area contributed by atoms with Gasteiger partial charge in [-0.1, -0.05) is 6.07 Å². The zero-order valence-corrected chi connectivity index (χ0v) is 13.9. The van der Waals surface area contributed by atoms with Crippen molar-refractivity contribution in [1.29, 1.82) is 0 Å². The molecule has 2 N–H and O–H groups in total. The molecule has 1 aliphatic carbocycles. The Bertz CT molecular complexity index is 500. The van der Waals surface area contributed by atoms with Gasteiger partial charge in [0.15, 0.2) is 0 Å². The highest BCUT2D eigenvalue weighted by Gasteiger charge is 2.41. The van der Waals surface area contributed by atoms with Crippen molar-refractivity contribution in [3.05, 3.63) is 28.2 Å². The highest BCUT2D eigenvalue weighted by atomic mass is 79.9. The van der Waals surface area contributed by atoms with Crippen molar-refractivity contribution in [1.82, 2.24) is 5.32 Å². The molecule has 1 amide bonds.